The zero-order valence-corrected chi connectivity index (χ0v) is 10.2. The number of rotatable bonds is 2. The zero-order chi connectivity index (χ0) is 12.1. The molecular formula is C15H19NO. The van der Waals surface area contributed by atoms with Crippen LogP contribution in [0.25, 0.3) is 6.08 Å². The smallest absolute Gasteiger partial charge is 0.0510 e. The predicted molar refractivity (Wildman–Crippen MR) is 71.2 cm³/mol. The van der Waals surface area contributed by atoms with E-state index in [0.29, 0.717) is 5.92 Å². The lowest BCUT2D eigenvalue weighted by Crippen LogP contribution is -2.20. The Morgan fingerprint density at radius 1 is 1.29 bits per heavy atom. The second-order valence-electron chi connectivity index (χ2n) is 4.79. The SMILES string of the molecule is CC1CCC/C(=C\c2ccccc2)C1/C=N/O. The van der Waals surface area contributed by atoms with E-state index in [4.69, 9.17) is 5.21 Å². The van der Waals surface area contributed by atoms with Crippen LogP contribution in [0.1, 0.15) is 31.7 Å². The standard InChI is InChI=1S/C15H19NO/c1-12-6-5-9-14(15(12)11-16-17)10-13-7-3-2-4-8-13/h2-4,7-8,10-12,15,17H,5-6,9H2,1H3/b14-10+,16-11+. The van der Waals surface area contributed by atoms with Gasteiger partial charge in [0, 0.05) is 5.92 Å². The van der Waals surface area contributed by atoms with Crippen molar-refractivity contribution >= 4 is 12.3 Å². The Bertz CT molecular complexity index is 408. The molecule has 1 saturated carbocycles. The molecule has 2 heteroatoms. The Morgan fingerprint density at radius 2 is 2.06 bits per heavy atom. The molecular weight excluding hydrogens is 210 g/mol. The first-order valence-electron chi connectivity index (χ1n) is 6.24. The zero-order valence-electron chi connectivity index (χ0n) is 10.2. The number of hydrogen-bond donors (Lipinski definition) is 1. The lowest BCUT2D eigenvalue weighted by atomic mass is 9.77. The van der Waals surface area contributed by atoms with Crippen molar-refractivity contribution < 1.29 is 5.21 Å². The molecule has 2 rings (SSSR count). The van der Waals surface area contributed by atoms with Gasteiger partial charge in [-0.05, 0) is 30.7 Å². The molecule has 0 radical (unpaired) electrons. The van der Waals surface area contributed by atoms with Crippen LogP contribution in [0.15, 0.2) is 41.1 Å². The maximum atomic E-state index is 8.76. The molecule has 90 valence electrons. The highest BCUT2D eigenvalue weighted by Crippen LogP contribution is 2.34. The molecule has 2 nitrogen and oxygen atoms in total. The minimum absolute atomic E-state index is 0.286. The largest absolute Gasteiger partial charge is 0.411 e. The molecule has 2 unspecified atom stereocenters. The van der Waals surface area contributed by atoms with Crippen molar-refractivity contribution in [1.82, 2.24) is 0 Å². The molecule has 1 fully saturated rings. The Kier molecular flexibility index (Phi) is 3.97. The highest BCUT2D eigenvalue weighted by Gasteiger charge is 2.24. The molecule has 2 atom stereocenters. The van der Waals surface area contributed by atoms with Gasteiger partial charge < -0.3 is 5.21 Å². The molecule has 1 aromatic rings. The molecule has 1 N–H and O–H groups in total. The average molecular weight is 229 g/mol. The molecule has 17 heavy (non-hydrogen) atoms. The van der Waals surface area contributed by atoms with Gasteiger partial charge in [0.2, 0.25) is 0 Å². The van der Waals surface area contributed by atoms with Gasteiger partial charge in [-0.25, -0.2) is 0 Å². The van der Waals surface area contributed by atoms with Crippen LogP contribution >= 0.6 is 0 Å². The van der Waals surface area contributed by atoms with Crippen molar-refractivity contribution in [3.63, 3.8) is 0 Å². The van der Waals surface area contributed by atoms with Crippen LogP contribution in [-0.4, -0.2) is 11.4 Å². The fraction of sp³-hybridized carbons (Fsp3) is 0.400. The molecule has 0 spiro atoms. The molecule has 0 aliphatic heterocycles. The van der Waals surface area contributed by atoms with E-state index in [-0.39, 0.29) is 5.92 Å². The van der Waals surface area contributed by atoms with Gasteiger partial charge in [-0.2, -0.15) is 0 Å². The van der Waals surface area contributed by atoms with E-state index >= 15 is 0 Å². The van der Waals surface area contributed by atoms with Gasteiger partial charge in [0.25, 0.3) is 0 Å². The number of hydrogen-bond acceptors (Lipinski definition) is 2. The molecule has 0 heterocycles. The topological polar surface area (TPSA) is 32.6 Å². The Hall–Kier alpha value is -1.57. The summed E-state index contributed by atoms with van der Waals surface area (Å²) < 4.78 is 0. The summed E-state index contributed by atoms with van der Waals surface area (Å²) in [6.07, 6.45) is 7.47. The highest BCUT2D eigenvalue weighted by atomic mass is 16.4. The van der Waals surface area contributed by atoms with Gasteiger partial charge in [0.15, 0.2) is 0 Å². The maximum absolute atomic E-state index is 8.76. The van der Waals surface area contributed by atoms with Crippen LogP contribution < -0.4 is 0 Å². The quantitative estimate of drug-likeness (QED) is 0.464. The van der Waals surface area contributed by atoms with Crippen LogP contribution in [0.5, 0.6) is 0 Å². The molecule has 1 aliphatic carbocycles. The van der Waals surface area contributed by atoms with Crippen LogP contribution in [0.4, 0.5) is 0 Å². The molecule has 0 saturated heterocycles. The third kappa shape index (κ3) is 2.96. The fourth-order valence-electron chi connectivity index (χ4n) is 2.59. The normalized spacial score (nSPS) is 27.7. The first-order chi connectivity index (χ1) is 8.31. The summed E-state index contributed by atoms with van der Waals surface area (Å²) in [4.78, 5) is 0. The monoisotopic (exact) mass is 229 g/mol. The summed E-state index contributed by atoms with van der Waals surface area (Å²) in [5, 5.41) is 12.0. The van der Waals surface area contributed by atoms with Crippen LogP contribution in [0.2, 0.25) is 0 Å². The van der Waals surface area contributed by atoms with Gasteiger partial charge in [-0.15, -0.1) is 5.16 Å². The van der Waals surface area contributed by atoms with Crippen LogP contribution in [0.3, 0.4) is 0 Å². The van der Waals surface area contributed by atoms with E-state index in [2.05, 4.69) is 30.3 Å². The first kappa shape index (κ1) is 11.9. The molecule has 1 aliphatic rings. The lowest BCUT2D eigenvalue weighted by molar-refractivity contribution is 0.312. The number of benzene rings is 1. The van der Waals surface area contributed by atoms with Gasteiger partial charge in [0.1, 0.15) is 0 Å². The number of allylic oxidation sites excluding steroid dienone is 1. The lowest BCUT2D eigenvalue weighted by Gasteiger charge is -2.28. The summed E-state index contributed by atoms with van der Waals surface area (Å²) >= 11 is 0. The fourth-order valence-corrected chi connectivity index (χ4v) is 2.59. The van der Waals surface area contributed by atoms with E-state index in [9.17, 15) is 0 Å². The van der Waals surface area contributed by atoms with E-state index < -0.39 is 0 Å². The van der Waals surface area contributed by atoms with Gasteiger partial charge in [-0.1, -0.05) is 48.9 Å². The van der Waals surface area contributed by atoms with E-state index in [1.165, 1.54) is 24.0 Å². The average Bonchev–Trinajstić information content (AvgIpc) is 2.35. The minimum atomic E-state index is 0.286. The summed E-state index contributed by atoms with van der Waals surface area (Å²) in [7, 11) is 0. The van der Waals surface area contributed by atoms with E-state index in [0.717, 1.165) is 6.42 Å². The highest BCUT2D eigenvalue weighted by molar-refractivity contribution is 5.69. The maximum Gasteiger partial charge on any atom is 0.0510 e. The second-order valence-corrected chi connectivity index (χ2v) is 4.79. The molecule has 0 amide bonds. The van der Waals surface area contributed by atoms with E-state index in [1.807, 2.05) is 18.2 Å². The number of nitrogens with zero attached hydrogens (tertiary/aromatic N) is 1. The number of oxime groups is 1. The predicted octanol–water partition coefficient (Wildman–Crippen LogP) is 3.97. The van der Waals surface area contributed by atoms with Crippen molar-refractivity contribution in [2.24, 2.45) is 17.0 Å². The Labute approximate surface area is 103 Å². The third-order valence-corrected chi connectivity index (χ3v) is 3.55. The van der Waals surface area contributed by atoms with E-state index in [1.54, 1.807) is 6.21 Å². The second kappa shape index (κ2) is 5.67. The molecule has 0 bridgehead atoms. The summed E-state index contributed by atoms with van der Waals surface area (Å²) in [5.41, 5.74) is 2.61. The van der Waals surface area contributed by atoms with Gasteiger partial charge >= 0.3 is 0 Å². The van der Waals surface area contributed by atoms with Crippen molar-refractivity contribution in [1.29, 1.82) is 0 Å². The van der Waals surface area contributed by atoms with Gasteiger partial charge in [0.05, 0.1) is 6.21 Å². The Morgan fingerprint density at radius 3 is 2.76 bits per heavy atom. The summed E-state index contributed by atoms with van der Waals surface area (Å²) in [6.45, 7) is 2.23. The molecule has 1 aromatic carbocycles. The molecule has 0 aromatic heterocycles. The van der Waals surface area contributed by atoms with Crippen molar-refractivity contribution in [2.45, 2.75) is 26.2 Å². The van der Waals surface area contributed by atoms with Crippen LogP contribution in [0, 0.1) is 11.8 Å². The first-order valence-corrected chi connectivity index (χ1v) is 6.24. The summed E-state index contributed by atoms with van der Waals surface area (Å²) in [5.74, 6) is 0.851. The Balaban J connectivity index is 2.25. The van der Waals surface area contributed by atoms with Crippen molar-refractivity contribution in [3.8, 4) is 0 Å². The van der Waals surface area contributed by atoms with Crippen LogP contribution in [-0.2, 0) is 0 Å². The van der Waals surface area contributed by atoms with Gasteiger partial charge in [-0.3, -0.25) is 0 Å². The van der Waals surface area contributed by atoms with Crippen molar-refractivity contribution in [2.75, 3.05) is 0 Å². The van der Waals surface area contributed by atoms with Crippen molar-refractivity contribution in [3.05, 3.63) is 41.5 Å². The third-order valence-electron chi connectivity index (χ3n) is 3.55. The summed E-state index contributed by atoms with van der Waals surface area (Å²) in [6, 6.07) is 10.3. The minimum Gasteiger partial charge on any atom is -0.411 e.